The number of piperidine rings is 1. The van der Waals surface area contributed by atoms with Gasteiger partial charge in [-0.1, -0.05) is 30.3 Å². The molecular formula is C22H28N6O3. The van der Waals surface area contributed by atoms with Crippen LogP contribution in [0.15, 0.2) is 55.2 Å². The summed E-state index contributed by atoms with van der Waals surface area (Å²) in [6.07, 6.45) is 11.6. The molecule has 9 nitrogen and oxygen atoms in total. The lowest BCUT2D eigenvalue weighted by Gasteiger charge is -2.36. The van der Waals surface area contributed by atoms with Gasteiger partial charge in [-0.25, -0.2) is 9.78 Å². The number of imidazole rings is 1. The Morgan fingerprint density at radius 2 is 2.10 bits per heavy atom. The second-order valence-electron chi connectivity index (χ2n) is 7.33. The Kier molecular flexibility index (Phi) is 8.21. The summed E-state index contributed by atoms with van der Waals surface area (Å²) in [6.45, 7) is 1.91. The lowest BCUT2D eigenvalue weighted by molar-refractivity contribution is -0.122. The van der Waals surface area contributed by atoms with Crippen LogP contribution in [0.1, 0.15) is 31.2 Å². The van der Waals surface area contributed by atoms with Gasteiger partial charge >= 0.3 is 6.03 Å². The number of rotatable bonds is 6. The third-order valence-electron chi connectivity index (χ3n) is 5.38. The van der Waals surface area contributed by atoms with Crippen LogP contribution in [-0.2, 0) is 17.9 Å². The van der Waals surface area contributed by atoms with E-state index in [0.29, 0.717) is 6.54 Å². The molecule has 0 bridgehead atoms. The number of hydrogen-bond acceptors (Lipinski definition) is 4. The summed E-state index contributed by atoms with van der Waals surface area (Å²) < 4.78 is 2.07. The van der Waals surface area contributed by atoms with E-state index in [9.17, 15) is 4.79 Å². The van der Waals surface area contributed by atoms with E-state index >= 15 is 0 Å². The molecule has 1 unspecified atom stereocenters. The molecule has 4 rings (SSSR count). The minimum atomic E-state index is -0.250. The van der Waals surface area contributed by atoms with Crippen molar-refractivity contribution in [1.29, 1.82) is 0 Å². The Labute approximate surface area is 181 Å². The number of urea groups is 1. The average molecular weight is 425 g/mol. The Balaban J connectivity index is 0.000000858. The van der Waals surface area contributed by atoms with Crippen LogP contribution >= 0.6 is 0 Å². The molecule has 1 aromatic carbocycles. The lowest BCUT2D eigenvalue weighted by atomic mass is 9.99. The first-order chi connectivity index (χ1) is 15.2. The molecule has 0 spiro atoms. The van der Waals surface area contributed by atoms with Gasteiger partial charge in [-0.05, 0) is 31.2 Å². The summed E-state index contributed by atoms with van der Waals surface area (Å²) >= 11 is 0. The van der Waals surface area contributed by atoms with Gasteiger partial charge in [0, 0.05) is 43.6 Å². The van der Waals surface area contributed by atoms with Crippen LogP contribution in [0.5, 0.6) is 0 Å². The van der Waals surface area contributed by atoms with Crippen molar-refractivity contribution < 1.29 is 14.7 Å². The number of likely N-dealkylation sites (tertiary alicyclic amines) is 1. The SMILES string of the molecule is O=C(NCc1cn[nH]c1-c1ccccc1)N1CCCCC1CCn1ccnc1.O=CO. The highest BCUT2D eigenvalue weighted by Gasteiger charge is 2.26. The molecule has 1 aliphatic heterocycles. The van der Waals surface area contributed by atoms with Crippen molar-refractivity contribution in [2.24, 2.45) is 0 Å². The van der Waals surface area contributed by atoms with Gasteiger partial charge in [0.1, 0.15) is 0 Å². The number of nitrogens with one attached hydrogen (secondary N) is 2. The molecule has 3 heterocycles. The first-order valence-electron chi connectivity index (χ1n) is 10.4. The molecule has 1 saturated heterocycles. The quantitative estimate of drug-likeness (QED) is 0.526. The minimum absolute atomic E-state index is 0.00976. The molecule has 2 aromatic heterocycles. The van der Waals surface area contributed by atoms with Crippen molar-refractivity contribution in [2.45, 2.75) is 44.8 Å². The molecule has 0 aliphatic carbocycles. The standard InChI is InChI=1S/C21H26N6O.CH2O2/c28-21(23-14-18-15-24-25-20(18)17-6-2-1-3-7-17)27-11-5-4-8-19(27)9-12-26-13-10-22-16-26;2-1-3/h1-3,6-7,10,13,15-16,19H,4-5,8-9,11-12,14H2,(H,23,28)(H,24,25);1H,(H,2,3). The fourth-order valence-electron chi connectivity index (χ4n) is 3.86. The topological polar surface area (TPSA) is 116 Å². The van der Waals surface area contributed by atoms with E-state index in [4.69, 9.17) is 9.90 Å². The van der Waals surface area contributed by atoms with Crippen molar-refractivity contribution in [3.8, 4) is 11.3 Å². The van der Waals surface area contributed by atoms with Gasteiger partial charge in [0.25, 0.3) is 6.47 Å². The lowest BCUT2D eigenvalue weighted by Crippen LogP contribution is -2.48. The Bertz CT molecular complexity index is 926. The van der Waals surface area contributed by atoms with E-state index < -0.39 is 0 Å². The predicted octanol–water partition coefficient (Wildman–Crippen LogP) is 3.13. The number of aromatic nitrogens is 4. The highest BCUT2D eigenvalue weighted by atomic mass is 16.3. The van der Waals surface area contributed by atoms with Crippen LogP contribution in [0.2, 0.25) is 0 Å². The molecule has 9 heteroatoms. The predicted molar refractivity (Wildman–Crippen MR) is 116 cm³/mol. The van der Waals surface area contributed by atoms with Crippen LogP contribution in [0.4, 0.5) is 4.79 Å². The van der Waals surface area contributed by atoms with E-state index in [-0.39, 0.29) is 18.5 Å². The van der Waals surface area contributed by atoms with E-state index in [1.165, 1.54) is 6.42 Å². The third-order valence-corrected chi connectivity index (χ3v) is 5.38. The minimum Gasteiger partial charge on any atom is -0.483 e. The van der Waals surface area contributed by atoms with Crippen molar-refractivity contribution in [2.75, 3.05) is 6.54 Å². The number of hydrogen-bond donors (Lipinski definition) is 3. The molecule has 1 atom stereocenters. The first-order valence-corrected chi connectivity index (χ1v) is 10.4. The normalized spacial score (nSPS) is 15.6. The number of carboxylic acid groups (broad SMARTS) is 1. The molecule has 31 heavy (non-hydrogen) atoms. The van der Waals surface area contributed by atoms with Crippen LogP contribution < -0.4 is 5.32 Å². The summed E-state index contributed by atoms with van der Waals surface area (Å²) in [5, 5.41) is 17.2. The van der Waals surface area contributed by atoms with Gasteiger partial charge in [0.15, 0.2) is 0 Å². The number of carbonyl (C=O) groups excluding carboxylic acids is 1. The summed E-state index contributed by atoms with van der Waals surface area (Å²) in [4.78, 5) is 27.3. The number of aromatic amines is 1. The molecular weight excluding hydrogens is 396 g/mol. The van der Waals surface area contributed by atoms with Gasteiger partial charge in [0.05, 0.1) is 18.2 Å². The zero-order chi connectivity index (χ0) is 21.9. The fourth-order valence-corrected chi connectivity index (χ4v) is 3.86. The van der Waals surface area contributed by atoms with E-state index in [1.807, 2.05) is 47.8 Å². The second kappa shape index (κ2) is 11.5. The zero-order valence-electron chi connectivity index (χ0n) is 17.4. The maximum atomic E-state index is 12.9. The van der Waals surface area contributed by atoms with Crippen LogP contribution in [0.25, 0.3) is 11.3 Å². The van der Waals surface area contributed by atoms with Gasteiger partial charge in [-0.3, -0.25) is 9.89 Å². The van der Waals surface area contributed by atoms with E-state index in [1.54, 1.807) is 12.4 Å². The Morgan fingerprint density at radius 3 is 2.84 bits per heavy atom. The van der Waals surface area contributed by atoms with Crippen molar-refractivity contribution in [3.63, 3.8) is 0 Å². The number of nitrogens with zero attached hydrogens (tertiary/aromatic N) is 4. The Hall–Kier alpha value is -3.62. The molecule has 2 amide bonds. The summed E-state index contributed by atoms with van der Waals surface area (Å²) in [6, 6.07) is 10.3. The van der Waals surface area contributed by atoms with Crippen molar-refractivity contribution in [1.82, 2.24) is 30.0 Å². The average Bonchev–Trinajstić information content (AvgIpc) is 3.49. The van der Waals surface area contributed by atoms with Crippen LogP contribution in [-0.4, -0.2) is 54.8 Å². The van der Waals surface area contributed by atoms with Crippen LogP contribution in [0.3, 0.4) is 0 Å². The zero-order valence-corrected chi connectivity index (χ0v) is 17.4. The maximum absolute atomic E-state index is 12.9. The van der Waals surface area contributed by atoms with Crippen molar-refractivity contribution >= 4 is 12.5 Å². The van der Waals surface area contributed by atoms with Gasteiger partial charge in [0.2, 0.25) is 0 Å². The third kappa shape index (κ3) is 6.18. The Morgan fingerprint density at radius 1 is 1.29 bits per heavy atom. The molecule has 0 saturated carbocycles. The number of amides is 2. The first kappa shape index (κ1) is 22.1. The van der Waals surface area contributed by atoms with Gasteiger partial charge in [-0.2, -0.15) is 5.10 Å². The molecule has 3 N–H and O–H groups in total. The largest absolute Gasteiger partial charge is 0.483 e. The number of aryl methyl sites for hydroxylation is 1. The highest BCUT2D eigenvalue weighted by molar-refractivity contribution is 5.75. The number of benzene rings is 1. The van der Waals surface area contributed by atoms with E-state index in [2.05, 4.69) is 25.1 Å². The molecule has 3 aromatic rings. The highest BCUT2D eigenvalue weighted by Crippen LogP contribution is 2.22. The molecule has 0 radical (unpaired) electrons. The summed E-state index contributed by atoms with van der Waals surface area (Å²) in [5.74, 6) is 0. The van der Waals surface area contributed by atoms with E-state index in [0.717, 1.165) is 49.2 Å². The maximum Gasteiger partial charge on any atom is 0.317 e. The van der Waals surface area contributed by atoms with Gasteiger partial charge in [-0.15, -0.1) is 0 Å². The number of carbonyl (C=O) groups is 2. The summed E-state index contributed by atoms with van der Waals surface area (Å²) in [7, 11) is 0. The molecule has 164 valence electrons. The van der Waals surface area contributed by atoms with Crippen LogP contribution in [0, 0.1) is 0 Å². The molecule has 1 fully saturated rings. The second-order valence-corrected chi connectivity index (χ2v) is 7.33. The fraction of sp³-hybridized carbons (Fsp3) is 0.364. The smallest absolute Gasteiger partial charge is 0.317 e. The van der Waals surface area contributed by atoms with Crippen molar-refractivity contribution in [3.05, 3.63) is 60.8 Å². The summed E-state index contributed by atoms with van der Waals surface area (Å²) in [5.41, 5.74) is 3.02. The monoisotopic (exact) mass is 424 g/mol. The van der Waals surface area contributed by atoms with Gasteiger partial charge < -0.3 is 19.9 Å². The number of H-pyrrole nitrogens is 1. The molecule has 1 aliphatic rings.